The Morgan fingerprint density at radius 2 is 2.18 bits per heavy atom. The number of thiophene rings is 1. The molecule has 0 spiro atoms. The van der Waals surface area contributed by atoms with Crippen LogP contribution in [0.3, 0.4) is 0 Å². The van der Waals surface area contributed by atoms with Gasteiger partial charge in [0.05, 0.1) is 10.2 Å². The highest BCUT2D eigenvalue weighted by atomic mass is 32.1. The first kappa shape index (κ1) is 11.0. The Morgan fingerprint density at radius 1 is 1.35 bits per heavy atom. The van der Waals surface area contributed by atoms with Crippen LogP contribution in [0.2, 0.25) is 0 Å². The first-order valence-corrected chi connectivity index (χ1v) is 7.17. The molecule has 3 rings (SSSR count). The molecule has 0 bridgehead atoms. The first-order valence-electron chi connectivity index (χ1n) is 6.29. The number of fused-ring (bicyclic) bond motifs is 1. The topological polar surface area (TPSA) is 37.8 Å². The van der Waals surface area contributed by atoms with Gasteiger partial charge in [-0.1, -0.05) is 12.8 Å². The fraction of sp³-hybridized carbons (Fsp3) is 0.538. The second-order valence-electron chi connectivity index (χ2n) is 4.83. The minimum absolute atomic E-state index is 0.512. The van der Waals surface area contributed by atoms with Gasteiger partial charge in [-0.25, -0.2) is 9.97 Å². The summed E-state index contributed by atoms with van der Waals surface area (Å²) in [6.45, 7) is 2.28. The maximum absolute atomic E-state index is 4.38. The molecule has 90 valence electrons. The number of anilines is 1. The van der Waals surface area contributed by atoms with Crippen molar-refractivity contribution in [1.82, 2.24) is 9.97 Å². The Labute approximate surface area is 105 Å². The summed E-state index contributed by atoms with van der Waals surface area (Å²) in [6.07, 6.45) is 7.13. The molecule has 3 nitrogen and oxygen atoms in total. The molecule has 1 unspecified atom stereocenters. The van der Waals surface area contributed by atoms with E-state index in [4.69, 9.17) is 0 Å². The van der Waals surface area contributed by atoms with Gasteiger partial charge in [-0.2, -0.15) is 0 Å². The lowest BCUT2D eigenvalue weighted by Crippen LogP contribution is -2.24. The smallest absolute Gasteiger partial charge is 0.147 e. The van der Waals surface area contributed by atoms with Crippen LogP contribution in [0.5, 0.6) is 0 Å². The Hall–Kier alpha value is -1.16. The van der Waals surface area contributed by atoms with Crippen molar-refractivity contribution in [2.75, 3.05) is 5.32 Å². The van der Waals surface area contributed by atoms with E-state index in [0.29, 0.717) is 6.04 Å². The molecule has 1 aliphatic rings. The summed E-state index contributed by atoms with van der Waals surface area (Å²) in [5.41, 5.74) is 1.05. The maximum atomic E-state index is 4.38. The van der Waals surface area contributed by atoms with Crippen molar-refractivity contribution in [3.05, 3.63) is 17.8 Å². The van der Waals surface area contributed by atoms with Crippen LogP contribution in [0.15, 0.2) is 17.8 Å². The predicted molar refractivity (Wildman–Crippen MR) is 72.5 cm³/mol. The molecule has 17 heavy (non-hydrogen) atoms. The van der Waals surface area contributed by atoms with Crippen LogP contribution in [0.4, 0.5) is 5.82 Å². The third-order valence-electron chi connectivity index (χ3n) is 3.71. The second kappa shape index (κ2) is 4.61. The molecule has 0 amide bonds. The van der Waals surface area contributed by atoms with Crippen LogP contribution >= 0.6 is 11.3 Å². The van der Waals surface area contributed by atoms with Crippen molar-refractivity contribution in [3.63, 3.8) is 0 Å². The standard InChI is InChI=1S/C13H17N3S/c1-9(10-4-2-3-5-10)16-13-12-11(6-7-17-12)14-8-15-13/h6-10H,2-5H2,1H3,(H,14,15,16). The summed E-state index contributed by atoms with van der Waals surface area (Å²) >= 11 is 1.71. The number of aromatic nitrogens is 2. The quantitative estimate of drug-likeness (QED) is 0.899. The van der Waals surface area contributed by atoms with Gasteiger partial charge in [0.25, 0.3) is 0 Å². The van der Waals surface area contributed by atoms with Crippen molar-refractivity contribution in [2.24, 2.45) is 5.92 Å². The van der Waals surface area contributed by atoms with E-state index >= 15 is 0 Å². The van der Waals surface area contributed by atoms with E-state index in [-0.39, 0.29) is 0 Å². The van der Waals surface area contributed by atoms with E-state index in [0.717, 1.165) is 17.3 Å². The van der Waals surface area contributed by atoms with E-state index in [9.17, 15) is 0 Å². The van der Waals surface area contributed by atoms with E-state index in [1.54, 1.807) is 17.7 Å². The summed E-state index contributed by atoms with van der Waals surface area (Å²) < 4.78 is 1.18. The number of nitrogens with one attached hydrogen (secondary N) is 1. The Bertz CT molecular complexity index is 502. The van der Waals surface area contributed by atoms with Crippen LogP contribution in [-0.4, -0.2) is 16.0 Å². The average Bonchev–Trinajstić information content (AvgIpc) is 3.00. The number of rotatable bonds is 3. The minimum Gasteiger partial charge on any atom is -0.366 e. The van der Waals surface area contributed by atoms with Crippen molar-refractivity contribution >= 4 is 27.4 Å². The highest BCUT2D eigenvalue weighted by molar-refractivity contribution is 7.17. The lowest BCUT2D eigenvalue weighted by molar-refractivity contribution is 0.481. The Kier molecular flexibility index (Phi) is 2.97. The summed E-state index contributed by atoms with van der Waals surface area (Å²) in [4.78, 5) is 8.64. The molecule has 2 aromatic heterocycles. The van der Waals surface area contributed by atoms with E-state index in [1.807, 2.05) is 6.07 Å². The molecule has 0 radical (unpaired) electrons. The molecule has 2 aromatic rings. The van der Waals surface area contributed by atoms with E-state index < -0.39 is 0 Å². The molecule has 0 aromatic carbocycles. The highest BCUT2D eigenvalue weighted by Gasteiger charge is 2.22. The van der Waals surface area contributed by atoms with E-state index in [2.05, 4.69) is 27.6 Å². The molecular weight excluding hydrogens is 230 g/mol. The highest BCUT2D eigenvalue weighted by Crippen LogP contribution is 2.31. The summed E-state index contributed by atoms with van der Waals surface area (Å²) in [7, 11) is 0. The predicted octanol–water partition coefficient (Wildman–Crippen LogP) is 3.68. The van der Waals surface area contributed by atoms with Crippen molar-refractivity contribution in [2.45, 2.75) is 38.6 Å². The molecule has 1 aliphatic carbocycles. The van der Waals surface area contributed by atoms with Gasteiger partial charge in [0.15, 0.2) is 0 Å². The first-order chi connectivity index (χ1) is 8.34. The van der Waals surface area contributed by atoms with Crippen molar-refractivity contribution in [3.8, 4) is 0 Å². The SMILES string of the molecule is CC(Nc1ncnc2ccsc12)C1CCCC1. The average molecular weight is 247 g/mol. The van der Waals surface area contributed by atoms with Crippen LogP contribution in [0.1, 0.15) is 32.6 Å². The minimum atomic E-state index is 0.512. The van der Waals surface area contributed by atoms with E-state index in [1.165, 1.54) is 30.4 Å². The third-order valence-corrected chi connectivity index (χ3v) is 4.62. The molecule has 2 heterocycles. The number of hydrogen-bond donors (Lipinski definition) is 1. The zero-order valence-corrected chi connectivity index (χ0v) is 10.8. The van der Waals surface area contributed by atoms with Crippen molar-refractivity contribution in [1.29, 1.82) is 0 Å². The normalized spacial score (nSPS) is 18.6. The fourth-order valence-corrected chi connectivity index (χ4v) is 3.48. The summed E-state index contributed by atoms with van der Waals surface area (Å²) in [5, 5.41) is 5.65. The lowest BCUT2D eigenvalue weighted by atomic mass is 10.00. The number of hydrogen-bond acceptors (Lipinski definition) is 4. The van der Waals surface area contributed by atoms with Gasteiger partial charge in [0, 0.05) is 6.04 Å². The van der Waals surface area contributed by atoms with Crippen LogP contribution in [-0.2, 0) is 0 Å². The largest absolute Gasteiger partial charge is 0.366 e. The Morgan fingerprint density at radius 3 is 3.00 bits per heavy atom. The summed E-state index contributed by atoms with van der Waals surface area (Å²) in [5.74, 6) is 1.81. The molecule has 1 N–H and O–H groups in total. The zero-order chi connectivity index (χ0) is 11.7. The Balaban J connectivity index is 1.81. The molecule has 0 saturated heterocycles. The monoisotopic (exact) mass is 247 g/mol. The van der Waals surface area contributed by atoms with Crippen LogP contribution < -0.4 is 5.32 Å². The molecule has 1 saturated carbocycles. The zero-order valence-electron chi connectivity index (χ0n) is 10.0. The molecule has 0 aliphatic heterocycles. The third kappa shape index (κ3) is 2.14. The van der Waals surface area contributed by atoms with Gasteiger partial charge >= 0.3 is 0 Å². The van der Waals surface area contributed by atoms with Gasteiger partial charge < -0.3 is 5.32 Å². The molecular formula is C13H17N3S. The summed E-state index contributed by atoms with van der Waals surface area (Å²) in [6, 6.07) is 2.56. The van der Waals surface area contributed by atoms with Crippen molar-refractivity contribution < 1.29 is 0 Å². The lowest BCUT2D eigenvalue weighted by Gasteiger charge is -2.20. The van der Waals surface area contributed by atoms with Gasteiger partial charge in [0.2, 0.25) is 0 Å². The maximum Gasteiger partial charge on any atom is 0.147 e. The van der Waals surface area contributed by atoms with Gasteiger partial charge in [0.1, 0.15) is 12.1 Å². The molecule has 1 fully saturated rings. The van der Waals surface area contributed by atoms with Gasteiger partial charge in [-0.3, -0.25) is 0 Å². The van der Waals surface area contributed by atoms with Gasteiger partial charge in [-0.15, -0.1) is 11.3 Å². The molecule has 4 heteroatoms. The molecule has 1 atom stereocenters. The fourth-order valence-electron chi connectivity index (χ4n) is 2.68. The van der Waals surface area contributed by atoms with Crippen LogP contribution in [0.25, 0.3) is 10.2 Å². The number of nitrogens with zero attached hydrogens (tertiary/aromatic N) is 2. The second-order valence-corrected chi connectivity index (χ2v) is 5.75. The van der Waals surface area contributed by atoms with Gasteiger partial charge in [-0.05, 0) is 37.1 Å². The van der Waals surface area contributed by atoms with Crippen LogP contribution in [0, 0.1) is 5.92 Å².